The van der Waals surface area contributed by atoms with Gasteiger partial charge >= 0.3 is 0 Å². The van der Waals surface area contributed by atoms with Gasteiger partial charge in [0, 0.05) is 31.7 Å². The van der Waals surface area contributed by atoms with Crippen LogP contribution < -0.4 is 10.6 Å². The van der Waals surface area contributed by atoms with Crippen LogP contribution >= 0.6 is 0 Å². The van der Waals surface area contributed by atoms with E-state index in [9.17, 15) is 14.0 Å². The lowest BCUT2D eigenvalue weighted by Gasteiger charge is -2.30. The van der Waals surface area contributed by atoms with Crippen LogP contribution in [0.5, 0.6) is 0 Å². The summed E-state index contributed by atoms with van der Waals surface area (Å²) in [5.41, 5.74) is 1.55. The molecule has 0 bridgehead atoms. The van der Waals surface area contributed by atoms with E-state index in [1.807, 2.05) is 58.2 Å². The van der Waals surface area contributed by atoms with Crippen molar-refractivity contribution in [1.29, 1.82) is 0 Å². The molecule has 7 nitrogen and oxygen atoms in total. The molecule has 162 valence electrons. The molecule has 2 N–H and O–H groups in total. The number of carbonyl (C=O) groups excluding carboxylic acids is 2. The normalized spacial score (nSPS) is 15.4. The minimum absolute atomic E-state index is 0.0793. The van der Waals surface area contributed by atoms with Crippen molar-refractivity contribution in [3.05, 3.63) is 41.7 Å². The second-order valence-corrected chi connectivity index (χ2v) is 8.74. The van der Waals surface area contributed by atoms with Gasteiger partial charge in [-0.2, -0.15) is 0 Å². The van der Waals surface area contributed by atoms with Gasteiger partial charge in [0.25, 0.3) is 5.91 Å². The Kier molecular flexibility index (Phi) is 6.55. The van der Waals surface area contributed by atoms with Crippen molar-refractivity contribution in [3.8, 4) is 11.4 Å². The zero-order chi connectivity index (χ0) is 21.9. The fourth-order valence-corrected chi connectivity index (χ4v) is 3.63. The Labute approximate surface area is 176 Å². The average Bonchev–Trinajstić information content (AvgIpc) is 3.08. The Bertz CT molecular complexity index is 904. The van der Waals surface area contributed by atoms with E-state index in [-0.39, 0.29) is 6.54 Å². The third-order valence-electron chi connectivity index (χ3n) is 5.24. The van der Waals surface area contributed by atoms with Crippen LogP contribution in [0, 0.1) is 5.41 Å². The topological polar surface area (TPSA) is 79.3 Å². The molecule has 0 spiro atoms. The molecule has 2 amide bonds. The van der Waals surface area contributed by atoms with Gasteiger partial charge in [0.2, 0.25) is 5.91 Å². The largest absolute Gasteiger partial charge is 0.352 e. The van der Waals surface area contributed by atoms with E-state index in [1.165, 1.54) is 0 Å². The summed E-state index contributed by atoms with van der Waals surface area (Å²) in [6.45, 7) is 7.03. The summed E-state index contributed by atoms with van der Waals surface area (Å²) in [6, 6.07) is 8.95. The van der Waals surface area contributed by atoms with Gasteiger partial charge in [-0.15, -0.1) is 0 Å². The molecule has 0 aliphatic carbocycles. The van der Waals surface area contributed by atoms with E-state index < -0.39 is 29.9 Å². The molecule has 1 aromatic carbocycles. The fraction of sp³-hybridized carbons (Fsp3) is 0.500. The zero-order valence-electron chi connectivity index (χ0n) is 18.0. The average molecular weight is 416 g/mol. The summed E-state index contributed by atoms with van der Waals surface area (Å²) in [4.78, 5) is 32.6. The molecule has 3 rings (SSSR count). The molecule has 8 heteroatoms. The summed E-state index contributed by atoms with van der Waals surface area (Å²) < 4.78 is 14.6. The molecule has 0 saturated heterocycles. The Hall–Kier alpha value is -2.74. The van der Waals surface area contributed by atoms with Gasteiger partial charge in [0.05, 0.1) is 5.69 Å². The highest BCUT2D eigenvalue weighted by Gasteiger charge is 2.35. The van der Waals surface area contributed by atoms with Crippen LogP contribution in [0.3, 0.4) is 0 Å². The summed E-state index contributed by atoms with van der Waals surface area (Å²) in [7, 11) is 2.00. The van der Waals surface area contributed by atoms with Crippen molar-refractivity contribution in [2.75, 3.05) is 26.8 Å². The van der Waals surface area contributed by atoms with Gasteiger partial charge in [0.1, 0.15) is 18.5 Å². The predicted octanol–water partition coefficient (Wildman–Crippen LogP) is 2.23. The number of hydrogen-bond donors (Lipinski definition) is 2. The predicted molar refractivity (Wildman–Crippen MR) is 114 cm³/mol. The number of imidazole rings is 1. The molecule has 0 fully saturated rings. The summed E-state index contributed by atoms with van der Waals surface area (Å²) in [5, 5.41) is 5.38. The second kappa shape index (κ2) is 8.95. The van der Waals surface area contributed by atoms with Crippen molar-refractivity contribution in [2.24, 2.45) is 5.41 Å². The number of aromatic nitrogens is 2. The summed E-state index contributed by atoms with van der Waals surface area (Å²) >= 11 is 0. The number of halogens is 1. The highest BCUT2D eigenvalue weighted by Crippen LogP contribution is 2.27. The molecule has 0 radical (unpaired) electrons. The first kappa shape index (κ1) is 22.0. The monoisotopic (exact) mass is 415 g/mol. The number of fused-ring (bicyclic) bond motifs is 1. The summed E-state index contributed by atoms with van der Waals surface area (Å²) in [6.07, 6.45) is 0. The number of hydrogen-bond acceptors (Lipinski definition) is 4. The van der Waals surface area contributed by atoms with E-state index in [1.54, 1.807) is 0 Å². The molecule has 1 aliphatic heterocycles. The lowest BCUT2D eigenvalue weighted by atomic mass is 9.86. The molecule has 1 aromatic heterocycles. The Morgan fingerprint density at radius 1 is 1.20 bits per heavy atom. The molecule has 2 heterocycles. The number of rotatable bonds is 6. The van der Waals surface area contributed by atoms with E-state index >= 15 is 0 Å². The molecule has 0 unspecified atom stereocenters. The van der Waals surface area contributed by atoms with Crippen molar-refractivity contribution in [3.63, 3.8) is 0 Å². The first-order valence-corrected chi connectivity index (χ1v) is 10.2. The fourth-order valence-electron chi connectivity index (χ4n) is 3.63. The quantitative estimate of drug-likeness (QED) is 0.758. The zero-order valence-corrected chi connectivity index (χ0v) is 18.0. The van der Waals surface area contributed by atoms with E-state index in [4.69, 9.17) is 0 Å². The first-order chi connectivity index (χ1) is 14.2. The number of alkyl halides is 1. The van der Waals surface area contributed by atoms with Gasteiger partial charge in [-0.05, 0) is 12.5 Å². The van der Waals surface area contributed by atoms with E-state index in [0.29, 0.717) is 12.2 Å². The Morgan fingerprint density at radius 3 is 2.53 bits per heavy atom. The molecular formula is C22H30FN5O2. The lowest BCUT2D eigenvalue weighted by Crippen LogP contribution is -2.54. The number of benzene rings is 1. The maximum atomic E-state index is 13.2. The van der Waals surface area contributed by atoms with Crippen molar-refractivity contribution < 1.29 is 14.0 Å². The van der Waals surface area contributed by atoms with Crippen molar-refractivity contribution >= 4 is 11.8 Å². The highest BCUT2D eigenvalue weighted by molar-refractivity contribution is 5.98. The van der Waals surface area contributed by atoms with Crippen LogP contribution in [0.2, 0.25) is 0 Å². The van der Waals surface area contributed by atoms with Gasteiger partial charge in [-0.3, -0.25) is 14.5 Å². The number of amides is 2. The van der Waals surface area contributed by atoms with Crippen molar-refractivity contribution in [1.82, 2.24) is 25.1 Å². The SMILES string of the molecule is CN1CCn2c(-c3ccccc3)nc(C(=O)N[C@H](C(=O)NCCF)C(C)(C)C)c2C1. The van der Waals surface area contributed by atoms with Crippen LogP contribution in [0.25, 0.3) is 11.4 Å². The summed E-state index contributed by atoms with van der Waals surface area (Å²) in [5.74, 6) is -0.0495. The van der Waals surface area contributed by atoms with Gasteiger partial charge in [-0.25, -0.2) is 9.37 Å². The molecule has 1 aliphatic rings. The van der Waals surface area contributed by atoms with Gasteiger partial charge in [0.15, 0.2) is 5.69 Å². The maximum Gasteiger partial charge on any atom is 0.272 e. The van der Waals surface area contributed by atoms with Crippen LogP contribution in [0.4, 0.5) is 4.39 Å². The third-order valence-corrected chi connectivity index (χ3v) is 5.24. The molecular weight excluding hydrogens is 385 g/mol. The van der Waals surface area contributed by atoms with Crippen LogP contribution in [-0.4, -0.2) is 59.1 Å². The number of nitrogens with zero attached hydrogens (tertiary/aromatic N) is 3. The first-order valence-electron chi connectivity index (χ1n) is 10.2. The van der Waals surface area contributed by atoms with Crippen LogP contribution in [0.1, 0.15) is 37.0 Å². The third kappa shape index (κ3) is 4.70. The van der Waals surface area contributed by atoms with Crippen LogP contribution in [-0.2, 0) is 17.9 Å². The minimum atomic E-state index is -0.810. The minimum Gasteiger partial charge on any atom is -0.352 e. The standard InChI is InChI=1S/C22H30FN5O2/c1-22(2,3)18(21(30)24-11-10-23)26-20(29)17-16-14-27(4)12-13-28(16)19(25-17)15-8-6-5-7-9-15/h5-9,18H,10-14H2,1-4H3,(H,24,30)(H,26,29)/t18-/m1/s1. The number of nitrogens with one attached hydrogen (secondary N) is 2. The lowest BCUT2D eigenvalue weighted by molar-refractivity contribution is -0.125. The van der Waals surface area contributed by atoms with Gasteiger partial charge < -0.3 is 15.2 Å². The Balaban J connectivity index is 1.95. The number of carbonyl (C=O) groups is 2. The molecule has 2 aromatic rings. The highest BCUT2D eigenvalue weighted by atomic mass is 19.1. The smallest absolute Gasteiger partial charge is 0.272 e. The van der Waals surface area contributed by atoms with Crippen LogP contribution in [0.15, 0.2) is 30.3 Å². The molecule has 0 saturated carbocycles. The van der Waals surface area contributed by atoms with Crippen molar-refractivity contribution in [2.45, 2.75) is 39.9 Å². The Morgan fingerprint density at radius 2 is 1.90 bits per heavy atom. The molecule has 1 atom stereocenters. The van der Waals surface area contributed by atoms with E-state index in [2.05, 4.69) is 25.1 Å². The maximum absolute atomic E-state index is 13.2. The molecule has 30 heavy (non-hydrogen) atoms. The second-order valence-electron chi connectivity index (χ2n) is 8.74. The van der Waals surface area contributed by atoms with E-state index in [0.717, 1.165) is 30.2 Å². The van der Waals surface area contributed by atoms with Gasteiger partial charge in [-0.1, -0.05) is 51.1 Å². The number of likely N-dealkylation sites (N-methyl/N-ethyl adjacent to an activating group) is 1.